The molecule has 2 amide bonds. The molecule has 0 radical (unpaired) electrons. The van der Waals surface area contributed by atoms with E-state index in [1.54, 1.807) is 6.26 Å². The number of rotatable bonds is 5. The first-order valence-electron chi connectivity index (χ1n) is 8.23. The Kier molecular flexibility index (Phi) is 5.77. The average molecular weight is 348 g/mol. The number of nitrogens with zero attached hydrogens (tertiary/aromatic N) is 2. The van der Waals surface area contributed by atoms with Crippen LogP contribution in [0, 0.1) is 0 Å². The third-order valence-corrected chi connectivity index (χ3v) is 4.54. The van der Waals surface area contributed by atoms with Gasteiger partial charge in [-0.2, -0.15) is 0 Å². The number of piperazine rings is 1. The van der Waals surface area contributed by atoms with Crippen LogP contribution in [0.5, 0.6) is 0 Å². The first-order valence-corrected chi connectivity index (χ1v) is 8.60. The monoisotopic (exact) mass is 347 g/mol. The van der Waals surface area contributed by atoms with Gasteiger partial charge in [0.1, 0.15) is 5.76 Å². The quantitative estimate of drug-likeness (QED) is 0.904. The van der Waals surface area contributed by atoms with Crippen molar-refractivity contribution in [2.45, 2.75) is 13.0 Å². The van der Waals surface area contributed by atoms with E-state index >= 15 is 0 Å². The lowest BCUT2D eigenvalue weighted by Crippen LogP contribution is -2.51. The number of carbonyl (C=O) groups is 1. The summed E-state index contributed by atoms with van der Waals surface area (Å²) in [6.07, 6.45) is 2.61. The summed E-state index contributed by atoms with van der Waals surface area (Å²) < 4.78 is 5.22. The number of urea groups is 1. The molecule has 0 aliphatic carbocycles. The second kappa shape index (κ2) is 8.22. The molecule has 24 heavy (non-hydrogen) atoms. The molecule has 5 nitrogen and oxygen atoms in total. The highest BCUT2D eigenvalue weighted by Gasteiger charge is 2.20. The van der Waals surface area contributed by atoms with E-state index in [0.717, 1.165) is 49.9 Å². The predicted molar refractivity (Wildman–Crippen MR) is 94.1 cm³/mol. The van der Waals surface area contributed by atoms with E-state index < -0.39 is 0 Å². The normalized spacial score (nSPS) is 15.5. The van der Waals surface area contributed by atoms with Gasteiger partial charge in [0.15, 0.2) is 0 Å². The number of furan rings is 1. The summed E-state index contributed by atoms with van der Waals surface area (Å²) in [5, 5.41) is 3.67. The van der Waals surface area contributed by atoms with E-state index in [-0.39, 0.29) is 6.03 Å². The Hall–Kier alpha value is -1.98. The van der Waals surface area contributed by atoms with Crippen molar-refractivity contribution in [2.75, 3.05) is 32.7 Å². The van der Waals surface area contributed by atoms with Crippen molar-refractivity contribution in [3.8, 4) is 0 Å². The molecule has 3 rings (SSSR count). The lowest BCUT2D eigenvalue weighted by atomic mass is 10.1. The molecule has 0 unspecified atom stereocenters. The van der Waals surface area contributed by atoms with Gasteiger partial charge in [-0.05, 0) is 36.2 Å². The standard InChI is InChI=1S/C18H22ClN3O2/c19-16-5-3-15(4-6-16)7-8-21-9-11-22(12-10-21)18(23)20-14-17-2-1-13-24-17/h1-6,13H,7-12,14H2,(H,20,23). The maximum Gasteiger partial charge on any atom is 0.317 e. The van der Waals surface area contributed by atoms with Crippen molar-refractivity contribution in [3.63, 3.8) is 0 Å². The molecule has 1 aromatic heterocycles. The number of halogens is 1. The van der Waals surface area contributed by atoms with Crippen molar-refractivity contribution >= 4 is 17.6 Å². The number of benzene rings is 1. The highest BCUT2D eigenvalue weighted by atomic mass is 35.5. The molecule has 1 fully saturated rings. The van der Waals surface area contributed by atoms with Crippen LogP contribution in [-0.2, 0) is 13.0 Å². The van der Waals surface area contributed by atoms with Crippen LogP contribution in [0.4, 0.5) is 4.79 Å². The van der Waals surface area contributed by atoms with E-state index in [2.05, 4.69) is 22.3 Å². The summed E-state index contributed by atoms with van der Waals surface area (Å²) in [6.45, 7) is 4.75. The molecule has 128 valence electrons. The van der Waals surface area contributed by atoms with Gasteiger partial charge >= 0.3 is 6.03 Å². The molecular formula is C18H22ClN3O2. The van der Waals surface area contributed by atoms with Crippen LogP contribution in [0.15, 0.2) is 47.1 Å². The Morgan fingerprint density at radius 1 is 1.12 bits per heavy atom. The Morgan fingerprint density at radius 2 is 1.88 bits per heavy atom. The van der Waals surface area contributed by atoms with Crippen LogP contribution in [0.2, 0.25) is 5.02 Å². The van der Waals surface area contributed by atoms with Gasteiger partial charge in [0.25, 0.3) is 0 Å². The zero-order valence-electron chi connectivity index (χ0n) is 13.6. The lowest BCUT2D eigenvalue weighted by molar-refractivity contribution is 0.139. The summed E-state index contributed by atoms with van der Waals surface area (Å²) in [6, 6.07) is 11.6. The smallest absolute Gasteiger partial charge is 0.317 e. The molecular weight excluding hydrogens is 326 g/mol. The average Bonchev–Trinajstić information content (AvgIpc) is 3.13. The topological polar surface area (TPSA) is 48.7 Å². The van der Waals surface area contributed by atoms with Crippen LogP contribution in [0.1, 0.15) is 11.3 Å². The van der Waals surface area contributed by atoms with Gasteiger partial charge in [-0.1, -0.05) is 23.7 Å². The summed E-state index contributed by atoms with van der Waals surface area (Å²) in [5.41, 5.74) is 1.29. The molecule has 2 heterocycles. The molecule has 1 saturated heterocycles. The van der Waals surface area contributed by atoms with Gasteiger partial charge in [-0.25, -0.2) is 4.79 Å². The Balaban J connectivity index is 1.37. The van der Waals surface area contributed by atoms with Crippen molar-refractivity contribution < 1.29 is 9.21 Å². The minimum Gasteiger partial charge on any atom is -0.467 e. The van der Waals surface area contributed by atoms with E-state index in [9.17, 15) is 4.79 Å². The predicted octanol–water partition coefficient (Wildman–Crippen LogP) is 3.00. The van der Waals surface area contributed by atoms with Gasteiger partial charge in [-0.15, -0.1) is 0 Å². The van der Waals surface area contributed by atoms with Crippen LogP contribution >= 0.6 is 11.6 Å². The Labute approximate surface area is 147 Å². The molecule has 1 aromatic carbocycles. The minimum absolute atomic E-state index is 0.0243. The molecule has 1 aliphatic heterocycles. The molecule has 1 aliphatic rings. The van der Waals surface area contributed by atoms with E-state index in [4.69, 9.17) is 16.0 Å². The largest absolute Gasteiger partial charge is 0.467 e. The second-order valence-electron chi connectivity index (χ2n) is 5.94. The molecule has 6 heteroatoms. The van der Waals surface area contributed by atoms with Gasteiger partial charge in [0.05, 0.1) is 12.8 Å². The maximum absolute atomic E-state index is 12.2. The fourth-order valence-corrected chi connectivity index (χ4v) is 2.93. The number of nitrogens with one attached hydrogen (secondary N) is 1. The van der Waals surface area contributed by atoms with Crippen LogP contribution in [0.3, 0.4) is 0 Å². The third kappa shape index (κ3) is 4.76. The van der Waals surface area contributed by atoms with E-state index in [0.29, 0.717) is 6.54 Å². The van der Waals surface area contributed by atoms with E-state index in [1.165, 1.54) is 5.56 Å². The number of amides is 2. The fraction of sp³-hybridized carbons (Fsp3) is 0.389. The molecule has 2 aromatic rings. The van der Waals surface area contributed by atoms with Gasteiger partial charge in [0.2, 0.25) is 0 Å². The highest BCUT2D eigenvalue weighted by Crippen LogP contribution is 2.11. The zero-order valence-corrected chi connectivity index (χ0v) is 14.3. The van der Waals surface area contributed by atoms with Crippen LogP contribution < -0.4 is 5.32 Å². The van der Waals surface area contributed by atoms with Gasteiger partial charge < -0.3 is 14.6 Å². The zero-order chi connectivity index (χ0) is 16.8. The van der Waals surface area contributed by atoms with Gasteiger partial charge in [0, 0.05) is 37.7 Å². The summed E-state index contributed by atoms with van der Waals surface area (Å²) in [7, 11) is 0. The van der Waals surface area contributed by atoms with E-state index in [1.807, 2.05) is 29.2 Å². The SMILES string of the molecule is O=C(NCc1ccco1)N1CCN(CCc2ccc(Cl)cc2)CC1. The van der Waals surface area contributed by atoms with Crippen molar-refractivity contribution in [3.05, 3.63) is 59.0 Å². The molecule has 0 bridgehead atoms. The number of hydrogen-bond donors (Lipinski definition) is 1. The van der Waals surface area contributed by atoms with Crippen LogP contribution in [0.25, 0.3) is 0 Å². The third-order valence-electron chi connectivity index (χ3n) is 4.28. The second-order valence-corrected chi connectivity index (χ2v) is 6.38. The summed E-state index contributed by atoms with van der Waals surface area (Å²) in [4.78, 5) is 16.4. The fourth-order valence-electron chi connectivity index (χ4n) is 2.80. The summed E-state index contributed by atoms with van der Waals surface area (Å²) >= 11 is 5.90. The first-order chi connectivity index (χ1) is 11.7. The maximum atomic E-state index is 12.2. The molecule has 0 atom stereocenters. The Bertz CT molecular complexity index is 635. The summed E-state index contributed by atoms with van der Waals surface area (Å²) in [5.74, 6) is 0.768. The molecule has 1 N–H and O–H groups in total. The van der Waals surface area contributed by atoms with Crippen molar-refractivity contribution in [1.29, 1.82) is 0 Å². The lowest BCUT2D eigenvalue weighted by Gasteiger charge is -2.34. The van der Waals surface area contributed by atoms with Gasteiger partial charge in [-0.3, -0.25) is 4.90 Å². The number of carbonyl (C=O) groups excluding carboxylic acids is 1. The Morgan fingerprint density at radius 3 is 2.54 bits per heavy atom. The minimum atomic E-state index is -0.0243. The molecule has 0 spiro atoms. The van der Waals surface area contributed by atoms with Crippen LogP contribution in [-0.4, -0.2) is 48.6 Å². The number of hydrogen-bond acceptors (Lipinski definition) is 3. The van der Waals surface area contributed by atoms with Crippen molar-refractivity contribution in [1.82, 2.24) is 15.1 Å². The first kappa shape index (κ1) is 16.9. The van der Waals surface area contributed by atoms with Crippen molar-refractivity contribution in [2.24, 2.45) is 0 Å². The highest BCUT2D eigenvalue weighted by molar-refractivity contribution is 6.30. The molecule has 0 saturated carbocycles.